The number of nitrogens with two attached hydrogens (primary N) is 1. The second kappa shape index (κ2) is 7.24. The summed E-state index contributed by atoms with van der Waals surface area (Å²) in [4.78, 5) is 24.4. The van der Waals surface area contributed by atoms with Crippen LogP contribution >= 0.6 is 11.6 Å². The smallest absolute Gasteiger partial charge is 0.295 e. The van der Waals surface area contributed by atoms with Crippen LogP contribution in [-0.2, 0) is 0 Å². The van der Waals surface area contributed by atoms with Gasteiger partial charge >= 0.3 is 0 Å². The summed E-state index contributed by atoms with van der Waals surface area (Å²) in [5.74, 6) is 4.92. The number of nitro groups is 1. The van der Waals surface area contributed by atoms with Gasteiger partial charge in [0.25, 0.3) is 11.6 Å². The van der Waals surface area contributed by atoms with Crippen molar-refractivity contribution in [2.24, 2.45) is 5.84 Å². The molecule has 0 radical (unpaired) electrons. The molecule has 7 nitrogen and oxygen atoms in total. The molecule has 0 unspecified atom stereocenters. The number of rotatable bonds is 6. The Morgan fingerprint density at radius 2 is 2.05 bits per heavy atom. The molecule has 1 aromatic rings. The van der Waals surface area contributed by atoms with Crippen LogP contribution in [0.15, 0.2) is 12.1 Å². The highest BCUT2D eigenvalue weighted by molar-refractivity contribution is 6.34. The van der Waals surface area contributed by atoms with Crippen LogP contribution in [-0.4, -0.2) is 28.8 Å². The van der Waals surface area contributed by atoms with E-state index in [2.05, 4.69) is 5.43 Å². The number of nitrogen functional groups attached to an aromatic ring is 1. The molecule has 0 bridgehead atoms. The summed E-state index contributed by atoms with van der Waals surface area (Å²) in [6.07, 6.45) is 1.61. The third-order valence-electron chi connectivity index (χ3n) is 3.47. The molecule has 1 rings (SSSR count). The molecule has 3 N–H and O–H groups in total. The van der Waals surface area contributed by atoms with E-state index < -0.39 is 4.92 Å². The number of nitro benzene ring substituents is 1. The first kappa shape index (κ1) is 17.2. The summed E-state index contributed by atoms with van der Waals surface area (Å²) in [6, 6.07) is 2.63. The van der Waals surface area contributed by atoms with Gasteiger partial charge in [-0.2, -0.15) is 0 Å². The molecular formula is C13H19ClN4O3. The second-order valence-electron chi connectivity index (χ2n) is 4.64. The van der Waals surface area contributed by atoms with Crippen LogP contribution in [0.5, 0.6) is 0 Å². The number of nitrogens with one attached hydrogen (secondary N) is 1. The van der Waals surface area contributed by atoms with Crippen LogP contribution in [0.4, 0.5) is 11.4 Å². The van der Waals surface area contributed by atoms with E-state index in [0.29, 0.717) is 0 Å². The van der Waals surface area contributed by atoms with Gasteiger partial charge in [-0.1, -0.05) is 25.4 Å². The van der Waals surface area contributed by atoms with Crippen LogP contribution in [0.2, 0.25) is 5.02 Å². The lowest BCUT2D eigenvalue weighted by atomic mass is 10.1. The van der Waals surface area contributed by atoms with Crippen molar-refractivity contribution in [2.75, 3.05) is 12.5 Å². The first-order valence-corrected chi connectivity index (χ1v) is 6.96. The highest BCUT2D eigenvalue weighted by Crippen LogP contribution is 2.33. The van der Waals surface area contributed by atoms with E-state index in [9.17, 15) is 14.9 Å². The van der Waals surface area contributed by atoms with Gasteiger partial charge in [0.2, 0.25) is 0 Å². The number of carbonyl (C=O) groups is 1. The minimum absolute atomic E-state index is 0.0107. The molecule has 0 fully saturated rings. The summed E-state index contributed by atoms with van der Waals surface area (Å²) in [7, 11) is 1.68. The molecule has 0 spiro atoms. The number of hydrogen-bond donors (Lipinski definition) is 2. The number of hydrogen-bond acceptors (Lipinski definition) is 5. The quantitative estimate of drug-likeness (QED) is 0.477. The van der Waals surface area contributed by atoms with Crippen LogP contribution in [0.25, 0.3) is 0 Å². The maximum atomic E-state index is 12.4. The lowest BCUT2D eigenvalue weighted by Crippen LogP contribution is -2.36. The van der Waals surface area contributed by atoms with Gasteiger partial charge in [-0.3, -0.25) is 20.8 Å². The predicted octanol–water partition coefficient (Wildman–Crippen LogP) is 2.79. The van der Waals surface area contributed by atoms with Crippen molar-refractivity contribution in [3.8, 4) is 0 Å². The molecule has 0 saturated carbocycles. The third-order valence-corrected chi connectivity index (χ3v) is 3.77. The van der Waals surface area contributed by atoms with Crippen molar-refractivity contribution in [3.63, 3.8) is 0 Å². The summed E-state index contributed by atoms with van der Waals surface area (Å²) in [6.45, 7) is 3.96. The second-order valence-corrected chi connectivity index (χ2v) is 5.05. The van der Waals surface area contributed by atoms with Gasteiger partial charge in [-0.15, -0.1) is 0 Å². The lowest BCUT2D eigenvalue weighted by molar-refractivity contribution is -0.384. The van der Waals surface area contributed by atoms with Crippen molar-refractivity contribution >= 4 is 28.9 Å². The molecular weight excluding hydrogens is 296 g/mol. The molecule has 0 atom stereocenters. The summed E-state index contributed by atoms with van der Waals surface area (Å²) < 4.78 is 0. The zero-order valence-corrected chi connectivity index (χ0v) is 13.0. The normalized spacial score (nSPS) is 10.6. The van der Waals surface area contributed by atoms with Crippen molar-refractivity contribution in [3.05, 3.63) is 32.8 Å². The Labute approximate surface area is 128 Å². The fourth-order valence-electron chi connectivity index (χ4n) is 2.21. The molecule has 0 aromatic heterocycles. The third kappa shape index (κ3) is 3.62. The minimum atomic E-state index is -0.630. The van der Waals surface area contributed by atoms with Crippen LogP contribution in [0, 0.1) is 10.1 Å². The van der Waals surface area contributed by atoms with E-state index in [1.165, 1.54) is 12.1 Å². The van der Waals surface area contributed by atoms with E-state index in [4.69, 9.17) is 17.4 Å². The van der Waals surface area contributed by atoms with Crippen LogP contribution < -0.4 is 11.3 Å². The molecule has 21 heavy (non-hydrogen) atoms. The Bertz CT molecular complexity index is 546. The first-order valence-electron chi connectivity index (χ1n) is 6.58. The Morgan fingerprint density at radius 1 is 1.48 bits per heavy atom. The van der Waals surface area contributed by atoms with E-state index >= 15 is 0 Å². The summed E-state index contributed by atoms with van der Waals surface area (Å²) in [5, 5.41) is 11.1. The topological polar surface area (TPSA) is 102 Å². The average Bonchev–Trinajstić information content (AvgIpc) is 2.46. The fraction of sp³-hybridized carbons (Fsp3) is 0.462. The summed E-state index contributed by atoms with van der Waals surface area (Å²) in [5.41, 5.74) is 2.02. The molecule has 1 aromatic carbocycles. The molecule has 1 amide bonds. The van der Waals surface area contributed by atoms with E-state index in [0.717, 1.165) is 12.8 Å². The van der Waals surface area contributed by atoms with Crippen molar-refractivity contribution in [1.82, 2.24) is 4.90 Å². The number of hydrazine groups is 1. The van der Waals surface area contributed by atoms with E-state index in [-0.39, 0.29) is 33.9 Å². The lowest BCUT2D eigenvalue weighted by Gasteiger charge is -2.26. The van der Waals surface area contributed by atoms with Gasteiger partial charge < -0.3 is 10.3 Å². The number of halogens is 1. The van der Waals surface area contributed by atoms with Gasteiger partial charge in [0.1, 0.15) is 5.69 Å². The van der Waals surface area contributed by atoms with E-state index in [1.807, 2.05) is 13.8 Å². The maximum Gasteiger partial charge on any atom is 0.295 e. The molecule has 0 heterocycles. The first-order chi connectivity index (χ1) is 9.87. The van der Waals surface area contributed by atoms with Gasteiger partial charge in [0, 0.05) is 24.7 Å². The highest BCUT2D eigenvalue weighted by atomic mass is 35.5. The Morgan fingerprint density at radius 3 is 2.48 bits per heavy atom. The maximum absolute atomic E-state index is 12.4. The van der Waals surface area contributed by atoms with Crippen molar-refractivity contribution in [1.29, 1.82) is 0 Å². The largest absolute Gasteiger partial charge is 0.339 e. The van der Waals surface area contributed by atoms with E-state index in [1.54, 1.807) is 11.9 Å². The van der Waals surface area contributed by atoms with Crippen LogP contribution in [0.1, 0.15) is 37.0 Å². The van der Waals surface area contributed by atoms with Gasteiger partial charge in [-0.25, -0.2) is 0 Å². The highest BCUT2D eigenvalue weighted by Gasteiger charge is 2.24. The standard InChI is InChI=1S/C13H19ClN4O3/c1-4-9(5-2)17(3)13(19)8-6-10(14)12(16-15)11(7-8)18(20)21/h6-7,9,16H,4-5,15H2,1-3H3. The number of benzene rings is 1. The molecule has 0 saturated heterocycles. The Kier molecular flexibility index (Phi) is 5.92. The zero-order valence-electron chi connectivity index (χ0n) is 12.2. The van der Waals surface area contributed by atoms with Gasteiger partial charge in [0.15, 0.2) is 0 Å². The monoisotopic (exact) mass is 314 g/mol. The molecule has 0 aliphatic heterocycles. The molecule has 0 aliphatic rings. The SMILES string of the molecule is CCC(CC)N(C)C(=O)c1cc(Cl)c(NN)c([N+](=O)[O-])c1. The number of amides is 1. The number of nitrogens with zero attached hydrogens (tertiary/aromatic N) is 2. The van der Waals surface area contributed by atoms with Crippen molar-refractivity contribution < 1.29 is 9.72 Å². The Balaban J connectivity index is 3.25. The van der Waals surface area contributed by atoms with Crippen molar-refractivity contribution in [2.45, 2.75) is 32.7 Å². The average molecular weight is 315 g/mol. The molecule has 0 aliphatic carbocycles. The predicted molar refractivity (Wildman–Crippen MR) is 82.4 cm³/mol. The zero-order chi connectivity index (χ0) is 16.2. The van der Waals surface area contributed by atoms with Crippen LogP contribution in [0.3, 0.4) is 0 Å². The number of anilines is 1. The number of carbonyl (C=O) groups excluding carboxylic acids is 1. The minimum Gasteiger partial charge on any atom is -0.339 e. The van der Waals surface area contributed by atoms with Gasteiger partial charge in [0.05, 0.1) is 9.95 Å². The summed E-state index contributed by atoms with van der Waals surface area (Å²) >= 11 is 5.96. The molecule has 8 heteroatoms. The Hall–Kier alpha value is -1.86. The van der Waals surface area contributed by atoms with Gasteiger partial charge in [-0.05, 0) is 18.9 Å². The molecule has 116 valence electrons. The fourth-order valence-corrected chi connectivity index (χ4v) is 2.48.